The Hall–Kier alpha value is -2.84. The predicted molar refractivity (Wildman–Crippen MR) is 140 cm³/mol. The lowest BCUT2D eigenvalue weighted by molar-refractivity contribution is 0.0435. The number of nitrogens with one attached hydrogen (secondary N) is 2. The van der Waals surface area contributed by atoms with Gasteiger partial charge in [0.1, 0.15) is 0 Å². The van der Waals surface area contributed by atoms with Crippen molar-refractivity contribution in [3.63, 3.8) is 0 Å². The molecule has 3 heterocycles. The number of aryl methyl sites for hydroxylation is 2. The van der Waals surface area contributed by atoms with Crippen LogP contribution in [-0.2, 0) is 11.8 Å². The summed E-state index contributed by atoms with van der Waals surface area (Å²) in [6, 6.07) is 9.20. The largest absolute Gasteiger partial charge is 0.379 e. The predicted octanol–water partition coefficient (Wildman–Crippen LogP) is 5.12. The fraction of sp³-hybridized carbons (Fsp3) is 0.280. The first kappa shape index (κ1) is 22.9. The number of para-hydroxylation sites is 1. The van der Waals surface area contributed by atoms with E-state index in [4.69, 9.17) is 27.9 Å². The number of rotatable bonds is 5. The molecule has 0 radical (unpaired) electrons. The zero-order chi connectivity index (χ0) is 23.8. The summed E-state index contributed by atoms with van der Waals surface area (Å²) in [5.74, 6) is 0.545. The Kier molecular flexibility index (Phi) is 6.36. The first-order valence-corrected chi connectivity index (χ1v) is 11.9. The van der Waals surface area contributed by atoms with Crippen LogP contribution in [0.4, 0.5) is 11.6 Å². The van der Waals surface area contributed by atoms with E-state index in [1.54, 1.807) is 18.2 Å². The number of benzene rings is 2. The van der Waals surface area contributed by atoms with Crippen molar-refractivity contribution >= 4 is 62.7 Å². The van der Waals surface area contributed by atoms with Crippen molar-refractivity contribution in [1.82, 2.24) is 19.4 Å². The molecule has 176 valence electrons. The second-order valence-electron chi connectivity index (χ2n) is 8.38. The molecule has 34 heavy (non-hydrogen) atoms. The number of aromatic amines is 1. The third-order valence-electron chi connectivity index (χ3n) is 6.27. The van der Waals surface area contributed by atoms with Gasteiger partial charge in [0.2, 0.25) is 5.95 Å². The van der Waals surface area contributed by atoms with Crippen LogP contribution in [0.3, 0.4) is 0 Å². The Morgan fingerprint density at radius 2 is 1.91 bits per heavy atom. The van der Waals surface area contributed by atoms with Crippen molar-refractivity contribution in [1.29, 1.82) is 0 Å². The summed E-state index contributed by atoms with van der Waals surface area (Å²) < 4.78 is 7.26. The summed E-state index contributed by atoms with van der Waals surface area (Å²) in [6.07, 6.45) is 4.08. The molecule has 7 nitrogen and oxygen atoms in total. The highest BCUT2D eigenvalue weighted by Crippen LogP contribution is 2.34. The monoisotopic (exact) mass is 497 g/mol. The summed E-state index contributed by atoms with van der Waals surface area (Å²) in [5, 5.41) is 5.70. The summed E-state index contributed by atoms with van der Waals surface area (Å²) in [4.78, 5) is 23.3. The number of morpholine rings is 1. The van der Waals surface area contributed by atoms with Crippen LogP contribution in [0.2, 0.25) is 10.0 Å². The quantitative estimate of drug-likeness (QED) is 0.400. The van der Waals surface area contributed by atoms with Crippen LogP contribution in [0, 0.1) is 6.92 Å². The third-order valence-corrected chi connectivity index (χ3v) is 6.90. The van der Waals surface area contributed by atoms with Crippen molar-refractivity contribution in [3.8, 4) is 0 Å². The Morgan fingerprint density at radius 3 is 2.65 bits per heavy atom. The zero-order valence-electron chi connectivity index (χ0n) is 19.0. The number of anilines is 2. The molecule has 2 N–H and O–H groups in total. The van der Waals surface area contributed by atoms with Crippen LogP contribution in [0.5, 0.6) is 0 Å². The van der Waals surface area contributed by atoms with Gasteiger partial charge in [0.05, 0.1) is 45.4 Å². The van der Waals surface area contributed by atoms with E-state index < -0.39 is 0 Å². The summed E-state index contributed by atoms with van der Waals surface area (Å²) in [5.41, 5.74) is 3.71. The van der Waals surface area contributed by atoms with E-state index >= 15 is 0 Å². The number of nitrogens with zero attached hydrogens (tertiary/aromatic N) is 3. The second-order valence-corrected chi connectivity index (χ2v) is 9.19. The number of hydrogen-bond acceptors (Lipinski definition) is 5. The van der Waals surface area contributed by atoms with Crippen LogP contribution in [-0.4, -0.2) is 52.3 Å². The van der Waals surface area contributed by atoms with Gasteiger partial charge in [0.15, 0.2) is 0 Å². The highest BCUT2D eigenvalue weighted by atomic mass is 35.5. The molecule has 0 spiro atoms. The number of aromatic nitrogens is 3. The summed E-state index contributed by atoms with van der Waals surface area (Å²) in [7, 11) is 1.87. The first-order chi connectivity index (χ1) is 16.4. The molecule has 0 bridgehead atoms. The van der Waals surface area contributed by atoms with Crippen LogP contribution in [0.25, 0.3) is 27.9 Å². The van der Waals surface area contributed by atoms with Crippen molar-refractivity contribution in [2.24, 2.45) is 7.05 Å². The number of imidazole rings is 1. The highest BCUT2D eigenvalue weighted by molar-refractivity contribution is 6.39. The van der Waals surface area contributed by atoms with Crippen molar-refractivity contribution in [3.05, 3.63) is 68.1 Å². The minimum absolute atomic E-state index is 0.150. The van der Waals surface area contributed by atoms with E-state index in [1.807, 2.05) is 36.7 Å². The first-order valence-electron chi connectivity index (χ1n) is 11.1. The molecule has 5 rings (SSSR count). The van der Waals surface area contributed by atoms with Gasteiger partial charge in [0, 0.05) is 32.4 Å². The zero-order valence-corrected chi connectivity index (χ0v) is 20.5. The van der Waals surface area contributed by atoms with E-state index in [9.17, 15) is 4.79 Å². The SMILES string of the molecule is Cc1c(C=CCN2CCOCC2)[nH]c(=O)c2c1ccc1nc(Nc3c(Cl)cccc3Cl)n(C)c12. The second kappa shape index (κ2) is 9.43. The number of fused-ring (bicyclic) bond motifs is 3. The van der Waals surface area contributed by atoms with Gasteiger partial charge in [-0.1, -0.05) is 41.4 Å². The topological polar surface area (TPSA) is 75.2 Å². The van der Waals surface area contributed by atoms with Gasteiger partial charge < -0.3 is 19.6 Å². The minimum atomic E-state index is -0.150. The molecule has 0 amide bonds. The average molecular weight is 498 g/mol. The van der Waals surface area contributed by atoms with Gasteiger partial charge >= 0.3 is 0 Å². The molecule has 1 saturated heterocycles. The Labute approximate surface area is 206 Å². The molecular weight excluding hydrogens is 473 g/mol. The van der Waals surface area contributed by atoms with Crippen LogP contribution in [0.15, 0.2) is 41.2 Å². The fourth-order valence-corrected chi connectivity index (χ4v) is 4.87. The lowest BCUT2D eigenvalue weighted by atomic mass is 10.0. The maximum Gasteiger partial charge on any atom is 0.258 e. The Balaban J connectivity index is 1.54. The van der Waals surface area contributed by atoms with E-state index in [1.165, 1.54) is 0 Å². The number of hydrogen-bond donors (Lipinski definition) is 2. The van der Waals surface area contributed by atoms with Gasteiger partial charge in [-0.15, -0.1) is 0 Å². The van der Waals surface area contributed by atoms with Gasteiger partial charge in [-0.05, 0) is 42.1 Å². The fourth-order valence-electron chi connectivity index (χ4n) is 4.38. The molecule has 0 saturated carbocycles. The maximum atomic E-state index is 13.2. The molecule has 4 aromatic rings. The van der Waals surface area contributed by atoms with E-state index in [0.29, 0.717) is 32.6 Å². The minimum Gasteiger partial charge on any atom is -0.379 e. The molecule has 0 unspecified atom stereocenters. The number of pyridine rings is 1. The molecule has 9 heteroatoms. The summed E-state index contributed by atoms with van der Waals surface area (Å²) >= 11 is 12.7. The van der Waals surface area contributed by atoms with Gasteiger partial charge in [0.25, 0.3) is 5.56 Å². The molecule has 0 aliphatic carbocycles. The molecule has 2 aromatic heterocycles. The van der Waals surface area contributed by atoms with Crippen LogP contribution < -0.4 is 10.9 Å². The number of H-pyrrole nitrogens is 1. The standard InChI is InChI=1S/C25H25Cl2N5O2/c1-15-16-8-9-20-23(31(2)25(29-20)30-22-17(26)5-3-6-18(22)27)21(16)24(33)28-19(15)7-4-10-32-11-13-34-14-12-32/h3-9H,10-14H2,1-2H3,(H,28,33)(H,29,30). The Bertz CT molecular complexity index is 1450. The number of ether oxygens (including phenoxy) is 1. The molecule has 0 atom stereocenters. The Morgan fingerprint density at radius 1 is 1.18 bits per heavy atom. The average Bonchev–Trinajstić information content (AvgIpc) is 3.15. The van der Waals surface area contributed by atoms with Crippen molar-refractivity contribution in [2.45, 2.75) is 6.92 Å². The van der Waals surface area contributed by atoms with Gasteiger partial charge in [-0.25, -0.2) is 4.98 Å². The van der Waals surface area contributed by atoms with E-state index in [0.717, 1.165) is 55.0 Å². The molecule has 1 fully saturated rings. The van der Waals surface area contributed by atoms with Gasteiger partial charge in [-0.2, -0.15) is 0 Å². The maximum absolute atomic E-state index is 13.2. The van der Waals surface area contributed by atoms with Crippen molar-refractivity contribution in [2.75, 3.05) is 38.2 Å². The lowest BCUT2D eigenvalue weighted by Gasteiger charge is -2.25. The summed E-state index contributed by atoms with van der Waals surface area (Å²) in [6.45, 7) is 6.22. The number of halogens is 2. The lowest BCUT2D eigenvalue weighted by Crippen LogP contribution is -2.36. The molecule has 2 aromatic carbocycles. The third kappa shape index (κ3) is 4.20. The van der Waals surface area contributed by atoms with E-state index in [2.05, 4.69) is 26.3 Å². The normalized spacial score (nSPS) is 15.1. The van der Waals surface area contributed by atoms with Gasteiger partial charge in [-0.3, -0.25) is 9.69 Å². The molecular formula is C25H25Cl2N5O2. The molecule has 1 aliphatic heterocycles. The van der Waals surface area contributed by atoms with Crippen molar-refractivity contribution < 1.29 is 4.74 Å². The smallest absolute Gasteiger partial charge is 0.258 e. The van der Waals surface area contributed by atoms with E-state index in [-0.39, 0.29) is 5.56 Å². The molecule has 1 aliphatic rings. The van der Waals surface area contributed by atoms with Crippen LogP contribution >= 0.6 is 23.2 Å². The van der Waals surface area contributed by atoms with Crippen LogP contribution in [0.1, 0.15) is 11.3 Å². The highest BCUT2D eigenvalue weighted by Gasteiger charge is 2.17.